The summed E-state index contributed by atoms with van der Waals surface area (Å²) in [4.78, 5) is 15.5. The fourth-order valence-corrected chi connectivity index (χ4v) is 2.16. The molecule has 4 nitrogen and oxygen atoms in total. The Morgan fingerprint density at radius 2 is 2.10 bits per heavy atom. The standard InChI is InChI=1S/C16H19N3O/c1-12-8-13(6-7-18-12)9-19-16-5-3-4-14(10-17-2)15(16)11-20/h3-8,11,17,19H,9-10H2,1-2H3. The third kappa shape index (κ3) is 3.42. The summed E-state index contributed by atoms with van der Waals surface area (Å²) in [7, 11) is 1.87. The maximum atomic E-state index is 11.3. The number of benzene rings is 1. The maximum Gasteiger partial charge on any atom is 0.152 e. The number of carbonyl (C=O) groups excluding carboxylic acids is 1. The van der Waals surface area contributed by atoms with Gasteiger partial charge in [-0.05, 0) is 43.3 Å². The van der Waals surface area contributed by atoms with Gasteiger partial charge in [0.1, 0.15) is 0 Å². The molecule has 1 heterocycles. The number of nitrogens with one attached hydrogen (secondary N) is 2. The summed E-state index contributed by atoms with van der Waals surface area (Å²) in [5.41, 5.74) is 4.71. The molecule has 20 heavy (non-hydrogen) atoms. The van der Waals surface area contributed by atoms with Crippen molar-refractivity contribution >= 4 is 12.0 Å². The van der Waals surface area contributed by atoms with E-state index in [2.05, 4.69) is 15.6 Å². The van der Waals surface area contributed by atoms with Gasteiger partial charge < -0.3 is 10.6 Å². The van der Waals surface area contributed by atoms with Crippen LogP contribution in [0, 0.1) is 6.92 Å². The van der Waals surface area contributed by atoms with Crippen molar-refractivity contribution in [2.45, 2.75) is 20.0 Å². The van der Waals surface area contributed by atoms with E-state index in [1.54, 1.807) is 6.20 Å². The Balaban J connectivity index is 2.16. The van der Waals surface area contributed by atoms with Gasteiger partial charge in [0.25, 0.3) is 0 Å². The Bertz CT molecular complexity index is 596. The van der Waals surface area contributed by atoms with Gasteiger partial charge in [-0.3, -0.25) is 9.78 Å². The number of pyridine rings is 1. The average Bonchev–Trinajstić information content (AvgIpc) is 2.45. The van der Waals surface area contributed by atoms with Crippen molar-refractivity contribution in [1.82, 2.24) is 10.3 Å². The van der Waals surface area contributed by atoms with Crippen LogP contribution in [0.3, 0.4) is 0 Å². The van der Waals surface area contributed by atoms with Gasteiger partial charge >= 0.3 is 0 Å². The van der Waals surface area contributed by atoms with Crippen LogP contribution in [-0.2, 0) is 13.1 Å². The molecule has 0 aliphatic carbocycles. The Hall–Kier alpha value is -2.20. The number of anilines is 1. The van der Waals surface area contributed by atoms with E-state index >= 15 is 0 Å². The summed E-state index contributed by atoms with van der Waals surface area (Å²) < 4.78 is 0. The van der Waals surface area contributed by atoms with E-state index in [0.29, 0.717) is 18.7 Å². The molecule has 0 atom stereocenters. The second-order valence-electron chi connectivity index (χ2n) is 4.69. The largest absolute Gasteiger partial charge is 0.380 e. The number of aldehydes is 1. The van der Waals surface area contributed by atoms with E-state index in [0.717, 1.165) is 28.8 Å². The minimum Gasteiger partial charge on any atom is -0.380 e. The van der Waals surface area contributed by atoms with Crippen LogP contribution in [0.25, 0.3) is 0 Å². The highest BCUT2D eigenvalue weighted by Gasteiger charge is 2.06. The number of hydrogen-bond donors (Lipinski definition) is 2. The van der Waals surface area contributed by atoms with Crippen molar-refractivity contribution in [2.75, 3.05) is 12.4 Å². The van der Waals surface area contributed by atoms with Gasteiger partial charge in [0.05, 0.1) is 0 Å². The highest BCUT2D eigenvalue weighted by Crippen LogP contribution is 2.19. The fraction of sp³-hybridized carbons (Fsp3) is 0.250. The first-order valence-corrected chi connectivity index (χ1v) is 6.61. The maximum absolute atomic E-state index is 11.3. The zero-order valence-corrected chi connectivity index (χ0v) is 11.8. The van der Waals surface area contributed by atoms with Crippen molar-refractivity contribution < 1.29 is 4.79 Å². The molecule has 0 spiro atoms. The number of rotatable bonds is 6. The van der Waals surface area contributed by atoms with Crippen LogP contribution in [0.4, 0.5) is 5.69 Å². The van der Waals surface area contributed by atoms with Gasteiger partial charge in [-0.2, -0.15) is 0 Å². The molecule has 2 aromatic rings. The van der Waals surface area contributed by atoms with Crippen LogP contribution in [-0.4, -0.2) is 18.3 Å². The number of nitrogens with zero attached hydrogens (tertiary/aromatic N) is 1. The molecule has 2 rings (SSSR count). The topological polar surface area (TPSA) is 54.0 Å². The molecular formula is C16H19N3O. The van der Waals surface area contributed by atoms with E-state index in [1.807, 2.05) is 44.3 Å². The summed E-state index contributed by atoms with van der Waals surface area (Å²) in [5.74, 6) is 0. The minimum atomic E-state index is 0.674. The molecule has 1 aromatic carbocycles. The Morgan fingerprint density at radius 3 is 2.80 bits per heavy atom. The van der Waals surface area contributed by atoms with Crippen LogP contribution in [0.2, 0.25) is 0 Å². The molecule has 2 N–H and O–H groups in total. The van der Waals surface area contributed by atoms with Gasteiger partial charge in [-0.1, -0.05) is 12.1 Å². The summed E-state index contributed by atoms with van der Waals surface area (Å²) >= 11 is 0. The summed E-state index contributed by atoms with van der Waals surface area (Å²) in [6.07, 6.45) is 2.71. The number of aromatic nitrogens is 1. The van der Waals surface area contributed by atoms with Crippen LogP contribution < -0.4 is 10.6 Å². The lowest BCUT2D eigenvalue weighted by Crippen LogP contribution is -2.10. The molecule has 4 heteroatoms. The van der Waals surface area contributed by atoms with E-state index in [9.17, 15) is 4.79 Å². The van der Waals surface area contributed by atoms with Crippen LogP contribution in [0.15, 0.2) is 36.5 Å². The van der Waals surface area contributed by atoms with Gasteiger partial charge in [0.2, 0.25) is 0 Å². The third-order valence-corrected chi connectivity index (χ3v) is 3.13. The zero-order valence-electron chi connectivity index (χ0n) is 11.8. The molecule has 0 amide bonds. The van der Waals surface area contributed by atoms with Crippen molar-refractivity contribution in [2.24, 2.45) is 0 Å². The van der Waals surface area contributed by atoms with Gasteiger partial charge in [-0.25, -0.2) is 0 Å². The molecular weight excluding hydrogens is 250 g/mol. The molecule has 1 aromatic heterocycles. The van der Waals surface area contributed by atoms with Crippen LogP contribution in [0.5, 0.6) is 0 Å². The molecule has 0 radical (unpaired) electrons. The molecule has 104 valence electrons. The van der Waals surface area contributed by atoms with Crippen molar-refractivity contribution in [3.63, 3.8) is 0 Å². The van der Waals surface area contributed by atoms with Crippen molar-refractivity contribution in [3.8, 4) is 0 Å². The summed E-state index contributed by atoms with van der Waals surface area (Å²) in [5, 5.41) is 6.39. The monoisotopic (exact) mass is 269 g/mol. The molecule has 0 aliphatic rings. The molecule has 0 saturated carbocycles. The Kier molecular flexibility index (Phi) is 4.85. The minimum absolute atomic E-state index is 0.674. The first kappa shape index (κ1) is 14.2. The second kappa shape index (κ2) is 6.82. The number of aryl methyl sites for hydroxylation is 1. The highest BCUT2D eigenvalue weighted by molar-refractivity contribution is 5.86. The van der Waals surface area contributed by atoms with Crippen LogP contribution >= 0.6 is 0 Å². The lowest BCUT2D eigenvalue weighted by atomic mass is 10.1. The number of carbonyl (C=O) groups is 1. The van der Waals surface area contributed by atoms with Crippen molar-refractivity contribution in [3.05, 3.63) is 58.9 Å². The van der Waals surface area contributed by atoms with Crippen molar-refractivity contribution in [1.29, 1.82) is 0 Å². The first-order chi connectivity index (χ1) is 9.74. The predicted octanol–water partition coefficient (Wildman–Crippen LogP) is 2.53. The van der Waals surface area contributed by atoms with E-state index in [1.165, 1.54) is 0 Å². The summed E-state index contributed by atoms with van der Waals surface area (Å²) in [6.45, 7) is 3.32. The number of hydrogen-bond acceptors (Lipinski definition) is 4. The molecule has 0 bridgehead atoms. The quantitative estimate of drug-likeness (QED) is 0.791. The third-order valence-electron chi connectivity index (χ3n) is 3.13. The van der Waals surface area contributed by atoms with Gasteiger partial charge in [-0.15, -0.1) is 0 Å². The Morgan fingerprint density at radius 1 is 1.25 bits per heavy atom. The van der Waals surface area contributed by atoms with Gasteiger partial charge in [0.15, 0.2) is 6.29 Å². The molecule has 0 fully saturated rings. The second-order valence-corrected chi connectivity index (χ2v) is 4.69. The normalized spacial score (nSPS) is 10.3. The zero-order chi connectivity index (χ0) is 14.4. The van der Waals surface area contributed by atoms with Crippen LogP contribution in [0.1, 0.15) is 27.2 Å². The van der Waals surface area contributed by atoms with E-state index in [4.69, 9.17) is 0 Å². The SMILES string of the molecule is CNCc1cccc(NCc2ccnc(C)c2)c1C=O. The highest BCUT2D eigenvalue weighted by atomic mass is 16.1. The van der Waals surface area contributed by atoms with Gasteiger partial charge in [0, 0.05) is 36.2 Å². The Labute approximate surface area is 119 Å². The average molecular weight is 269 g/mol. The first-order valence-electron chi connectivity index (χ1n) is 6.61. The summed E-state index contributed by atoms with van der Waals surface area (Å²) in [6, 6.07) is 9.85. The predicted molar refractivity (Wildman–Crippen MR) is 80.9 cm³/mol. The molecule has 0 unspecified atom stereocenters. The molecule has 0 aliphatic heterocycles. The lowest BCUT2D eigenvalue weighted by molar-refractivity contribution is 0.112. The van der Waals surface area contributed by atoms with E-state index < -0.39 is 0 Å². The molecule has 0 saturated heterocycles. The van der Waals surface area contributed by atoms with E-state index in [-0.39, 0.29) is 0 Å². The smallest absolute Gasteiger partial charge is 0.152 e. The fourth-order valence-electron chi connectivity index (χ4n) is 2.16. The lowest BCUT2D eigenvalue weighted by Gasteiger charge is -2.12.